The molecule has 0 fully saturated rings. The van der Waals surface area contributed by atoms with Crippen molar-refractivity contribution < 1.29 is 27.5 Å². The van der Waals surface area contributed by atoms with E-state index in [9.17, 15) is 18.0 Å². The maximum absolute atomic E-state index is 14.0. The minimum Gasteiger partial charge on any atom is -0.497 e. The second-order valence-electron chi connectivity index (χ2n) is 8.63. The number of nitrogens with zero attached hydrogens (tertiary/aromatic N) is 2. The number of benzene rings is 3. The Morgan fingerprint density at radius 1 is 0.895 bits per heavy atom. The summed E-state index contributed by atoms with van der Waals surface area (Å²) in [6.07, 6.45) is 1.27. The molecule has 0 saturated carbocycles. The fourth-order valence-electron chi connectivity index (χ4n) is 4.12. The summed E-state index contributed by atoms with van der Waals surface area (Å²) in [4.78, 5) is 28.5. The van der Waals surface area contributed by atoms with Crippen molar-refractivity contribution in [2.45, 2.75) is 19.0 Å². The van der Waals surface area contributed by atoms with E-state index in [4.69, 9.17) is 9.47 Å². The Labute approximate surface area is 224 Å². The lowest BCUT2D eigenvalue weighted by molar-refractivity contribution is -0.139. The highest BCUT2D eigenvalue weighted by Crippen LogP contribution is 2.30. The number of sulfonamides is 1. The Hall–Kier alpha value is -4.05. The van der Waals surface area contributed by atoms with E-state index < -0.39 is 28.5 Å². The molecule has 0 aliphatic heterocycles. The molecule has 3 rings (SSSR count). The standard InChI is InChI=1S/C28H33N3O6S/c1-29-28(33)25(18-21-11-6-5-7-12-21)30(19-22-13-10-14-23(17-22)36-2)27(32)20-31(38(4,34)35)24-15-8-9-16-26(24)37-3/h5-17,25H,18-20H2,1-4H3,(H,29,33)/t25-/m1/s1. The molecule has 2 amide bonds. The van der Waals surface area contributed by atoms with Crippen molar-refractivity contribution >= 4 is 27.5 Å². The van der Waals surface area contributed by atoms with Gasteiger partial charge in [-0.3, -0.25) is 13.9 Å². The summed E-state index contributed by atoms with van der Waals surface area (Å²) in [7, 11) is 0.590. The zero-order valence-electron chi connectivity index (χ0n) is 22.0. The van der Waals surface area contributed by atoms with Gasteiger partial charge in [0.1, 0.15) is 24.1 Å². The summed E-state index contributed by atoms with van der Waals surface area (Å²) in [5.41, 5.74) is 1.81. The molecule has 0 aliphatic rings. The highest BCUT2D eigenvalue weighted by molar-refractivity contribution is 7.92. The third kappa shape index (κ3) is 7.25. The van der Waals surface area contributed by atoms with E-state index in [-0.39, 0.29) is 24.6 Å². The third-order valence-electron chi connectivity index (χ3n) is 6.04. The number of methoxy groups -OCH3 is 2. The molecule has 0 radical (unpaired) electrons. The Kier molecular flexibility index (Phi) is 9.72. The first kappa shape index (κ1) is 28.5. The molecule has 0 aromatic heterocycles. The van der Waals surface area contributed by atoms with Gasteiger partial charge in [-0.05, 0) is 35.4 Å². The van der Waals surface area contributed by atoms with Gasteiger partial charge in [0.05, 0.1) is 26.2 Å². The van der Waals surface area contributed by atoms with Crippen LogP contribution in [0.3, 0.4) is 0 Å². The molecule has 1 N–H and O–H groups in total. The summed E-state index contributed by atoms with van der Waals surface area (Å²) >= 11 is 0. The largest absolute Gasteiger partial charge is 0.497 e. The van der Waals surface area contributed by atoms with Crippen molar-refractivity contribution in [3.05, 3.63) is 90.0 Å². The molecule has 202 valence electrons. The second-order valence-corrected chi connectivity index (χ2v) is 10.5. The molecule has 3 aromatic carbocycles. The minimum atomic E-state index is -3.89. The molecule has 10 heteroatoms. The second kappa shape index (κ2) is 13.0. The summed E-state index contributed by atoms with van der Waals surface area (Å²) in [5.74, 6) is -0.0135. The predicted octanol–water partition coefficient (Wildman–Crippen LogP) is 2.86. The monoisotopic (exact) mass is 539 g/mol. The van der Waals surface area contributed by atoms with Crippen LogP contribution in [0.25, 0.3) is 0 Å². The van der Waals surface area contributed by atoms with Gasteiger partial charge in [0.25, 0.3) is 0 Å². The first-order valence-electron chi connectivity index (χ1n) is 12.0. The third-order valence-corrected chi connectivity index (χ3v) is 7.16. The molecule has 3 aromatic rings. The van der Waals surface area contributed by atoms with E-state index in [0.717, 1.165) is 21.7 Å². The van der Waals surface area contributed by atoms with Crippen molar-refractivity contribution in [2.75, 3.05) is 38.4 Å². The Bertz CT molecular complexity index is 1350. The number of amides is 2. The van der Waals surface area contributed by atoms with E-state index in [1.807, 2.05) is 36.4 Å². The molecule has 0 unspecified atom stereocenters. The molecule has 0 aliphatic carbocycles. The van der Waals surface area contributed by atoms with Gasteiger partial charge < -0.3 is 19.7 Å². The summed E-state index contributed by atoms with van der Waals surface area (Å²) < 4.78 is 37.4. The lowest BCUT2D eigenvalue weighted by Gasteiger charge is -2.33. The molecular formula is C28H33N3O6S. The average Bonchev–Trinajstić information content (AvgIpc) is 2.93. The van der Waals surface area contributed by atoms with E-state index in [2.05, 4.69) is 5.32 Å². The van der Waals surface area contributed by atoms with Crippen LogP contribution in [0.5, 0.6) is 11.5 Å². The SMILES string of the molecule is CNC(=O)[C@@H](Cc1ccccc1)N(Cc1cccc(OC)c1)C(=O)CN(c1ccccc1OC)S(C)(=O)=O. The highest BCUT2D eigenvalue weighted by atomic mass is 32.2. The number of carbonyl (C=O) groups is 2. The van der Waals surface area contributed by atoms with Crippen LogP contribution >= 0.6 is 0 Å². The molecule has 0 bridgehead atoms. The molecular weight excluding hydrogens is 506 g/mol. The van der Waals surface area contributed by atoms with Crippen LogP contribution in [0.4, 0.5) is 5.69 Å². The molecule has 0 spiro atoms. The number of hydrogen-bond acceptors (Lipinski definition) is 6. The van der Waals surface area contributed by atoms with Crippen molar-refractivity contribution in [3.8, 4) is 11.5 Å². The smallest absolute Gasteiger partial charge is 0.244 e. The van der Waals surface area contributed by atoms with Crippen LogP contribution in [0.15, 0.2) is 78.9 Å². The Balaban J connectivity index is 2.06. The van der Waals surface area contributed by atoms with Gasteiger partial charge in [-0.1, -0.05) is 54.6 Å². The Morgan fingerprint density at radius 2 is 1.55 bits per heavy atom. The van der Waals surface area contributed by atoms with Gasteiger partial charge in [-0.25, -0.2) is 8.42 Å². The first-order valence-corrected chi connectivity index (χ1v) is 13.8. The minimum absolute atomic E-state index is 0.0600. The number of nitrogens with one attached hydrogen (secondary N) is 1. The van der Waals surface area contributed by atoms with Gasteiger partial charge in [-0.2, -0.15) is 0 Å². The zero-order valence-corrected chi connectivity index (χ0v) is 22.8. The van der Waals surface area contributed by atoms with Crippen molar-refractivity contribution in [2.24, 2.45) is 0 Å². The number of para-hydroxylation sites is 2. The van der Waals surface area contributed by atoms with Crippen LogP contribution in [-0.2, 0) is 32.6 Å². The van der Waals surface area contributed by atoms with Gasteiger partial charge in [0, 0.05) is 20.0 Å². The van der Waals surface area contributed by atoms with Crippen LogP contribution < -0.4 is 19.1 Å². The van der Waals surface area contributed by atoms with Crippen LogP contribution in [-0.4, -0.2) is 65.2 Å². The fraction of sp³-hybridized carbons (Fsp3) is 0.286. The van der Waals surface area contributed by atoms with Gasteiger partial charge in [0.15, 0.2) is 0 Å². The highest BCUT2D eigenvalue weighted by Gasteiger charge is 2.33. The molecule has 38 heavy (non-hydrogen) atoms. The van der Waals surface area contributed by atoms with Crippen molar-refractivity contribution in [3.63, 3.8) is 0 Å². The topological polar surface area (TPSA) is 105 Å². The van der Waals surface area contributed by atoms with Gasteiger partial charge in [-0.15, -0.1) is 0 Å². The summed E-state index contributed by atoms with van der Waals surface area (Å²) in [5, 5.41) is 2.65. The van der Waals surface area contributed by atoms with Crippen LogP contribution in [0.2, 0.25) is 0 Å². The quantitative estimate of drug-likeness (QED) is 0.380. The zero-order chi connectivity index (χ0) is 27.7. The lowest BCUT2D eigenvalue weighted by Crippen LogP contribution is -2.52. The average molecular weight is 540 g/mol. The molecule has 0 saturated heterocycles. The van der Waals surface area contributed by atoms with E-state index in [1.54, 1.807) is 49.6 Å². The summed E-state index contributed by atoms with van der Waals surface area (Å²) in [6.45, 7) is -0.462. The normalized spacial score (nSPS) is 11.8. The number of carbonyl (C=O) groups excluding carboxylic acids is 2. The van der Waals surface area contributed by atoms with Gasteiger partial charge in [0.2, 0.25) is 21.8 Å². The lowest BCUT2D eigenvalue weighted by atomic mass is 10.0. The number of ether oxygens (including phenoxy) is 2. The van der Waals surface area contributed by atoms with Gasteiger partial charge >= 0.3 is 0 Å². The first-order chi connectivity index (χ1) is 18.2. The predicted molar refractivity (Wildman–Crippen MR) is 147 cm³/mol. The maximum atomic E-state index is 14.0. The van der Waals surface area contributed by atoms with Crippen LogP contribution in [0, 0.1) is 0 Å². The van der Waals surface area contributed by atoms with Crippen molar-refractivity contribution in [1.29, 1.82) is 0 Å². The summed E-state index contributed by atoms with van der Waals surface area (Å²) in [6, 6.07) is 22.2. The van der Waals surface area contributed by atoms with Crippen molar-refractivity contribution in [1.82, 2.24) is 10.2 Å². The number of anilines is 1. The molecule has 0 heterocycles. The number of rotatable bonds is 12. The van der Waals surface area contributed by atoms with E-state index >= 15 is 0 Å². The fourth-order valence-corrected chi connectivity index (χ4v) is 4.97. The van der Waals surface area contributed by atoms with E-state index in [1.165, 1.54) is 19.1 Å². The van der Waals surface area contributed by atoms with E-state index in [0.29, 0.717) is 11.5 Å². The number of likely N-dealkylation sites (N-methyl/N-ethyl adjacent to an activating group) is 1. The number of hydrogen-bond donors (Lipinski definition) is 1. The Morgan fingerprint density at radius 3 is 2.18 bits per heavy atom. The van der Waals surface area contributed by atoms with Crippen LogP contribution in [0.1, 0.15) is 11.1 Å². The molecule has 9 nitrogen and oxygen atoms in total. The maximum Gasteiger partial charge on any atom is 0.244 e. The molecule has 1 atom stereocenters.